The topological polar surface area (TPSA) is 93.1 Å². The second kappa shape index (κ2) is 35.7. The quantitative estimate of drug-likeness (QED) is 0.0419. The second-order valence-electron chi connectivity index (χ2n) is 12.6. The average Bonchev–Trinajstić information content (AvgIpc) is 3.04. The molecule has 2 N–H and O–H groups in total. The molecular formula is C40H70O6. The molecule has 0 aliphatic carbocycles. The molecule has 0 aliphatic heterocycles. The highest BCUT2D eigenvalue weighted by atomic mass is 16.6. The molecule has 0 heterocycles. The van der Waals surface area contributed by atoms with E-state index in [1.165, 1.54) is 70.6 Å². The number of aliphatic hydroxyl groups excluding tert-OH is 2. The minimum absolute atomic E-state index is 0.0946. The van der Waals surface area contributed by atoms with Crippen molar-refractivity contribution < 1.29 is 29.3 Å². The van der Waals surface area contributed by atoms with Gasteiger partial charge in [0.25, 0.3) is 0 Å². The number of allylic oxidation sites excluding steroid dienone is 8. The molecule has 0 aromatic rings. The van der Waals surface area contributed by atoms with E-state index in [1.54, 1.807) is 0 Å². The number of aliphatic hydroxyl groups is 2. The molecule has 0 saturated carbocycles. The van der Waals surface area contributed by atoms with Gasteiger partial charge in [-0.15, -0.1) is 0 Å². The Morgan fingerprint density at radius 2 is 1.02 bits per heavy atom. The molecule has 6 heteroatoms. The van der Waals surface area contributed by atoms with Gasteiger partial charge < -0.3 is 19.7 Å². The number of hydrogen-bond acceptors (Lipinski definition) is 6. The average molecular weight is 647 g/mol. The number of carbonyl (C=O) groups excluding carboxylic acids is 2. The van der Waals surface area contributed by atoms with Gasteiger partial charge in [-0.2, -0.15) is 0 Å². The van der Waals surface area contributed by atoms with Crippen LogP contribution in [-0.2, 0) is 19.1 Å². The Bertz CT molecular complexity index is 798. The maximum Gasteiger partial charge on any atom is 0.306 e. The van der Waals surface area contributed by atoms with E-state index in [0.717, 1.165) is 64.2 Å². The van der Waals surface area contributed by atoms with Crippen molar-refractivity contribution in [2.24, 2.45) is 0 Å². The molecular weight excluding hydrogens is 576 g/mol. The molecule has 0 spiro atoms. The number of hydrogen-bond donors (Lipinski definition) is 2. The second-order valence-corrected chi connectivity index (χ2v) is 12.6. The van der Waals surface area contributed by atoms with E-state index in [-0.39, 0.29) is 37.7 Å². The van der Waals surface area contributed by atoms with E-state index >= 15 is 0 Å². The van der Waals surface area contributed by atoms with Gasteiger partial charge in [0.1, 0.15) is 6.61 Å². The molecule has 0 saturated heterocycles. The van der Waals surface area contributed by atoms with Crippen molar-refractivity contribution in [3.63, 3.8) is 0 Å². The van der Waals surface area contributed by atoms with Crippen LogP contribution >= 0.6 is 0 Å². The van der Waals surface area contributed by atoms with Crippen molar-refractivity contribution in [1.29, 1.82) is 0 Å². The molecule has 0 aromatic carbocycles. The summed E-state index contributed by atoms with van der Waals surface area (Å²) in [5.74, 6) is -0.673. The fourth-order valence-corrected chi connectivity index (χ4v) is 5.03. The lowest BCUT2D eigenvalue weighted by Gasteiger charge is -2.15. The van der Waals surface area contributed by atoms with Gasteiger partial charge in [0.15, 0.2) is 6.10 Å². The summed E-state index contributed by atoms with van der Waals surface area (Å²) >= 11 is 0. The third-order valence-corrected chi connectivity index (χ3v) is 7.89. The number of ether oxygens (including phenoxy) is 2. The van der Waals surface area contributed by atoms with Gasteiger partial charge in [0.2, 0.25) is 0 Å². The largest absolute Gasteiger partial charge is 0.462 e. The lowest BCUT2D eigenvalue weighted by Crippen LogP contribution is -2.28. The van der Waals surface area contributed by atoms with Gasteiger partial charge in [-0.25, -0.2) is 0 Å². The first-order chi connectivity index (χ1) is 22.5. The zero-order valence-electron chi connectivity index (χ0n) is 29.7. The summed E-state index contributed by atoms with van der Waals surface area (Å²) in [7, 11) is 0. The van der Waals surface area contributed by atoms with Gasteiger partial charge in [-0.05, 0) is 64.7 Å². The van der Waals surface area contributed by atoms with Gasteiger partial charge in [0.05, 0.1) is 12.7 Å². The third kappa shape index (κ3) is 34.7. The lowest BCUT2D eigenvalue weighted by molar-refractivity contribution is -0.161. The first-order valence-corrected chi connectivity index (χ1v) is 18.7. The minimum Gasteiger partial charge on any atom is -0.462 e. The van der Waals surface area contributed by atoms with Gasteiger partial charge in [-0.3, -0.25) is 9.59 Å². The highest BCUT2D eigenvalue weighted by Gasteiger charge is 2.15. The predicted molar refractivity (Wildman–Crippen MR) is 193 cm³/mol. The van der Waals surface area contributed by atoms with Gasteiger partial charge in [-0.1, -0.05) is 139 Å². The Hall–Kier alpha value is -2.18. The van der Waals surface area contributed by atoms with E-state index in [1.807, 2.05) is 6.92 Å². The summed E-state index contributed by atoms with van der Waals surface area (Å²) in [5, 5.41) is 18.8. The molecule has 0 unspecified atom stereocenters. The van der Waals surface area contributed by atoms with Crippen LogP contribution in [-0.4, -0.2) is 47.6 Å². The van der Waals surface area contributed by atoms with Crippen LogP contribution in [0, 0.1) is 0 Å². The van der Waals surface area contributed by atoms with Crippen LogP contribution in [0.1, 0.15) is 168 Å². The van der Waals surface area contributed by atoms with E-state index < -0.39 is 6.10 Å². The van der Waals surface area contributed by atoms with Gasteiger partial charge >= 0.3 is 11.9 Å². The summed E-state index contributed by atoms with van der Waals surface area (Å²) in [5.41, 5.74) is 0. The summed E-state index contributed by atoms with van der Waals surface area (Å²) in [6.07, 6.45) is 41.6. The molecule has 0 fully saturated rings. The zero-order chi connectivity index (χ0) is 33.8. The summed E-state index contributed by atoms with van der Waals surface area (Å²) in [6.45, 7) is 3.63. The molecule has 6 nitrogen and oxygen atoms in total. The van der Waals surface area contributed by atoms with Crippen LogP contribution in [0.2, 0.25) is 0 Å². The number of esters is 2. The molecule has 2 atom stereocenters. The molecule has 0 amide bonds. The van der Waals surface area contributed by atoms with Crippen LogP contribution in [0.5, 0.6) is 0 Å². The Balaban J connectivity index is 3.68. The maximum absolute atomic E-state index is 12.1. The van der Waals surface area contributed by atoms with Crippen molar-refractivity contribution in [3.8, 4) is 0 Å². The fourth-order valence-electron chi connectivity index (χ4n) is 5.03. The first-order valence-electron chi connectivity index (χ1n) is 18.7. The standard InChI is InChI=1S/C40H70O6/c1-3-4-5-6-7-8-9-10-15-18-21-24-27-30-33-39(43)45-36-38(35-41)46-40(44)34-31-28-25-22-19-16-13-11-12-14-17-20-23-26-29-32-37(2)42/h12-14,16,20,22-23,25,37-38,41-42H,3-11,15,17-19,21,24,26-36H2,1-2H3/b14-12-,16-13-,23-20-,25-22-/t37-,38-/m0/s1. The number of rotatable bonds is 33. The molecule has 0 rings (SSSR count). The van der Waals surface area contributed by atoms with Crippen LogP contribution in [0.25, 0.3) is 0 Å². The lowest BCUT2D eigenvalue weighted by atomic mass is 10.0. The Kier molecular flexibility index (Phi) is 34.0. The Morgan fingerprint density at radius 3 is 1.50 bits per heavy atom. The Morgan fingerprint density at radius 1 is 0.587 bits per heavy atom. The maximum atomic E-state index is 12.1. The number of carbonyl (C=O) groups is 2. The molecule has 46 heavy (non-hydrogen) atoms. The molecule has 0 aliphatic rings. The highest BCUT2D eigenvalue weighted by Crippen LogP contribution is 2.14. The van der Waals surface area contributed by atoms with Crippen molar-refractivity contribution >= 4 is 11.9 Å². The van der Waals surface area contributed by atoms with Crippen molar-refractivity contribution in [2.45, 2.75) is 180 Å². The molecule has 0 aromatic heterocycles. The summed E-state index contributed by atoms with van der Waals surface area (Å²) in [4.78, 5) is 24.2. The van der Waals surface area contributed by atoms with E-state index in [4.69, 9.17) is 9.47 Å². The normalized spacial score (nSPS) is 13.4. The van der Waals surface area contributed by atoms with Crippen LogP contribution in [0.15, 0.2) is 48.6 Å². The van der Waals surface area contributed by atoms with E-state index in [0.29, 0.717) is 12.8 Å². The zero-order valence-corrected chi connectivity index (χ0v) is 29.7. The molecule has 266 valence electrons. The van der Waals surface area contributed by atoms with Crippen molar-refractivity contribution in [3.05, 3.63) is 48.6 Å². The molecule has 0 bridgehead atoms. The SMILES string of the molecule is CCCCCCCCCCCCCCCCC(=O)OC[C@H](CO)OC(=O)CCC/C=C\C/C=C\C/C=C\C/C=C\CCC[C@H](C)O. The monoisotopic (exact) mass is 647 g/mol. The number of unbranched alkanes of at least 4 members (excludes halogenated alkanes) is 15. The first kappa shape index (κ1) is 43.8. The summed E-state index contributed by atoms with van der Waals surface area (Å²) < 4.78 is 10.5. The fraction of sp³-hybridized carbons (Fsp3) is 0.750. The van der Waals surface area contributed by atoms with Crippen LogP contribution in [0.3, 0.4) is 0 Å². The highest BCUT2D eigenvalue weighted by molar-refractivity contribution is 5.70. The predicted octanol–water partition coefficient (Wildman–Crippen LogP) is 10.4. The minimum atomic E-state index is -0.806. The summed E-state index contributed by atoms with van der Waals surface area (Å²) in [6, 6.07) is 0. The van der Waals surface area contributed by atoms with Crippen LogP contribution < -0.4 is 0 Å². The van der Waals surface area contributed by atoms with E-state index in [2.05, 4.69) is 55.5 Å². The van der Waals surface area contributed by atoms with E-state index in [9.17, 15) is 19.8 Å². The smallest absolute Gasteiger partial charge is 0.306 e. The van der Waals surface area contributed by atoms with Crippen LogP contribution in [0.4, 0.5) is 0 Å². The third-order valence-electron chi connectivity index (χ3n) is 7.89. The Labute approximate surface area is 282 Å². The van der Waals surface area contributed by atoms with Crippen molar-refractivity contribution in [2.75, 3.05) is 13.2 Å². The molecule has 0 radical (unpaired) electrons. The van der Waals surface area contributed by atoms with Gasteiger partial charge in [0, 0.05) is 12.8 Å². The van der Waals surface area contributed by atoms with Crippen molar-refractivity contribution in [1.82, 2.24) is 0 Å².